The average Bonchev–Trinajstić information content (AvgIpc) is 2.92. The number of aromatic nitrogens is 3. The molecule has 106 valence electrons. The van der Waals surface area contributed by atoms with Gasteiger partial charge in [0.1, 0.15) is 0 Å². The van der Waals surface area contributed by atoms with E-state index in [0.29, 0.717) is 6.42 Å². The molecule has 0 fully saturated rings. The summed E-state index contributed by atoms with van der Waals surface area (Å²) >= 11 is 0. The molecule has 1 aromatic heterocycles. The Kier molecular flexibility index (Phi) is 4.87. The molecule has 1 N–H and O–H groups in total. The van der Waals surface area contributed by atoms with E-state index in [9.17, 15) is 4.79 Å². The predicted octanol–water partition coefficient (Wildman–Crippen LogP) is 2.63. The lowest BCUT2D eigenvalue weighted by molar-refractivity contribution is -0.137. The van der Waals surface area contributed by atoms with Crippen LogP contribution in [0.4, 0.5) is 0 Å². The lowest BCUT2D eigenvalue weighted by atomic mass is 10.1. The Morgan fingerprint density at radius 1 is 1.25 bits per heavy atom. The summed E-state index contributed by atoms with van der Waals surface area (Å²) in [5.41, 5.74) is 3.18. The van der Waals surface area contributed by atoms with Gasteiger partial charge >= 0.3 is 5.97 Å². The number of hydrogen-bond acceptors (Lipinski definition) is 3. The predicted molar refractivity (Wildman–Crippen MR) is 75.9 cm³/mol. The molecule has 5 heteroatoms. The van der Waals surface area contributed by atoms with Crippen LogP contribution in [0, 0.1) is 0 Å². The van der Waals surface area contributed by atoms with Crippen LogP contribution < -0.4 is 0 Å². The fraction of sp³-hybridized carbons (Fsp3) is 0.400. The Morgan fingerprint density at radius 3 is 2.65 bits per heavy atom. The second-order valence-electron chi connectivity index (χ2n) is 4.78. The van der Waals surface area contributed by atoms with Gasteiger partial charge in [-0.05, 0) is 43.4 Å². The highest BCUT2D eigenvalue weighted by atomic mass is 16.4. The number of carboxylic acids is 1. The monoisotopic (exact) mass is 273 g/mol. The minimum Gasteiger partial charge on any atom is -0.481 e. The Hall–Kier alpha value is -2.17. The van der Waals surface area contributed by atoms with Crippen LogP contribution in [0.1, 0.15) is 37.4 Å². The number of nitrogens with zero attached hydrogens (tertiary/aromatic N) is 3. The van der Waals surface area contributed by atoms with Crippen LogP contribution >= 0.6 is 0 Å². The van der Waals surface area contributed by atoms with Crippen LogP contribution in [0.2, 0.25) is 0 Å². The van der Waals surface area contributed by atoms with Crippen molar-refractivity contribution >= 4 is 5.97 Å². The zero-order valence-corrected chi connectivity index (χ0v) is 11.6. The number of carbonyl (C=O) groups is 1. The number of benzene rings is 1. The summed E-state index contributed by atoms with van der Waals surface area (Å²) in [6.07, 6.45) is 5.40. The third kappa shape index (κ3) is 3.91. The second-order valence-corrected chi connectivity index (χ2v) is 4.78. The van der Waals surface area contributed by atoms with Gasteiger partial charge in [-0.2, -0.15) is 0 Å². The molecule has 0 aliphatic rings. The van der Waals surface area contributed by atoms with Crippen LogP contribution in [0.15, 0.2) is 30.5 Å². The maximum atomic E-state index is 10.4. The fourth-order valence-corrected chi connectivity index (χ4v) is 2.01. The molecule has 20 heavy (non-hydrogen) atoms. The van der Waals surface area contributed by atoms with Crippen LogP contribution in [0.25, 0.3) is 5.69 Å². The molecule has 0 amide bonds. The van der Waals surface area contributed by atoms with Crippen molar-refractivity contribution in [3.63, 3.8) is 0 Å². The summed E-state index contributed by atoms with van der Waals surface area (Å²) in [6.45, 7) is 2.12. The molecule has 0 atom stereocenters. The topological polar surface area (TPSA) is 68.0 Å². The molecule has 0 bridgehead atoms. The standard InChI is InChI=1S/C15H19N3O2/c1-2-12-7-9-14(10-8-12)18-11-13(16-17-18)5-3-4-6-15(19)20/h7-11H,2-6H2,1H3,(H,19,20). The largest absolute Gasteiger partial charge is 0.481 e. The van der Waals surface area contributed by atoms with E-state index in [2.05, 4.69) is 29.4 Å². The summed E-state index contributed by atoms with van der Waals surface area (Å²) < 4.78 is 1.76. The van der Waals surface area contributed by atoms with Gasteiger partial charge < -0.3 is 5.11 Å². The molecule has 0 saturated carbocycles. The maximum absolute atomic E-state index is 10.4. The normalized spacial score (nSPS) is 10.7. The Morgan fingerprint density at radius 2 is 2.00 bits per heavy atom. The first-order valence-electron chi connectivity index (χ1n) is 6.91. The molecule has 0 saturated heterocycles. The van der Waals surface area contributed by atoms with Gasteiger partial charge in [-0.25, -0.2) is 4.68 Å². The molecule has 0 unspecified atom stereocenters. The van der Waals surface area contributed by atoms with Crippen molar-refractivity contribution < 1.29 is 9.90 Å². The zero-order valence-electron chi connectivity index (χ0n) is 11.6. The first-order valence-corrected chi connectivity index (χ1v) is 6.91. The van der Waals surface area contributed by atoms with Gasteiger partial charge in [0.25, 0.3) is 0 Å². The van der Waals surface area contributed by atoms with Crippen molar-refractivity contribution in [1.29, 1.82) is 0 Å². The molecule has 1 aromatic carbocycles. The number of rotatable bonds is 7. The fourth-order valence-electron chi connectivity index (χ4n) is 2.01. The zero-order chi connectivity index (χ0) is 14.4. The molecule has 2 rings (SSSR count). The molecule has 0 aliphatic heterocycles. The molecule has 0 radical (unpaired) electrons. The highest BCUT2D eigenvalue weighted by molar-refractivity contribution is 5.66. The highest BCUT2D eigenvalue weighted by Crippen LogP contribution is 2.11. The van der Waals surface area contributed by atoms with Crippen molar-refractivity contribution in [3.8, 4) is 5.69 Å². The third-order valence-corrected chi connectivity index (χ3v) is 3.22. The van der Waals surface area contributed by atoms with Crippen molar-refractivity contribution in [2.45, 2.75) is 39.0 Å². The minimum atomic E-state index is -0.746. The average molecular weight is 273 g/mol. The van der Waals surface area contributed by atoms with Gasteiger partial charge in [-0.3, -0.25) is 4.79 Å². The van der Waals surface area contributed by atoms with Crippen LogP contribution in [-0.4, -0.2) is 26.1 Å². The van der Waals surface area contributed by atoms with Crippen LogP contribution in [0.5, 0.6) is 0 Å². The number of hydrogen-bond donors (Lipinski definition) is 1. The summed E-state index contributed by atoms with van der Waals surface area (Å²) in [6, 6.07) is 8.23. The number of carboxylic acid groups (broad SMARTS) is 1. The molecular weight excluding hydrogens is 254 g/mol. The lowest BCUT2D eigenvalue weighted by Gasteiger charge is -2.01. The maximum Gasteiger partial charge on any atom is 0.303 e. The van der Waals surface area contributed by atoms with E-state index in [1.807, 2.05) is 18.3 Å². The summed E-state index contributed by atoms with van der Waals surface area (Å²) in [5, 5.41) is 16.8. The van der Waals surface area contributed by atoms with Gasteiger partial charge in [0, 0.05) is 6.42 Å². The first-order chi connectivity index (χ1) is 9.69. The lowest BCUT2D eigenvalue weighted by Crippen LogP contribution is -1.95. The Bertz CT molecular complexity index is 561. The Balaban J connectivity index is 1.92. The van der Waals surface area contributed by atoms with Crippen molar-refractivity contribution in [2.75, 3.05) is 0 Å². The van der Waals surface area contributed by atoms with E-state index in [1.54, 1.807) is 4.68 Å². The van der Waals surface area contributed by atoms with Crippen molar-refractivity contribution in [2.24, 2.45) is 0 Å². The second kappa shape index (κ2) is 6.84. The molecule has 0 spiro atoms. The highest BCUT2D eigenvalue weighted by Gasteiger charge is 2.04. The van der Waals surface area contributed by atoms with E-state index < -0.39 is 5.97 Å². The van der Waals surface area contributed by atoms with Gasteiger partial charge in [0.05, 0.1) is 17.6 Å². The van der Waals surface area contributed by atoms with Gasteiger partial charge in [-0.15, -0.1) is 5.10 Å². The quantitative estimate of drug-likeness (QED) is 0.787. The molecule has 1 heterocycles. The number of aryl methyl sites for hydroxylation is 2. The number of aliphatic carboxylic acids is 1. The molecular formula is C15H19N3O2. The van der Waals surface area contributed by atoms with E-state index in [1.165, 1.54) is 5.56 Å². The minimum absolute atomic E-state index is 0.215. The van der Waals surface area contributed by atoms with E-state index in [4.69, 9.17) is 5.11 Å². The Labute approximate surface area is 118 Å². The van der Waals surface area contributed by atoms with E-state index >= 15 is 0 Å². The summed E-state index contributed by atoms with van der Waals surface area (Å²) in [7, 11) is 0. The molecule has 5 nitrogen and oxygen atoms in total. The van der Waals surface area contributed by atoms with Crippen molar-refractivity contribution in [3.05, 3.63) is 41.7 Å². The van der Waals surface area contributed by atoms with Crippen LogP contribution in [-0.2, 0) is 17.6 Å². The third-order valence-electron chi connectivity index (χ3n) is 3.22. The van der Waals surface area contributed by atoms with Gasteiger partial charge in [0.15, 0.2) is 0 Å². The molecule has 0 aliphatic carbocycles. The summed E-state index contributed by atoms with van der Waals surface area (Å²) in [4.78, 5) is 10.4. The molecule has 2 aromatic rings. The van der Waals surface area contributed by atoms with Crippen LogP contribution in [0.3, 0.4) is 0 Å². The van der Waals surface area contributed by atoms with Gasteiger partial charge in [0.2, 0.25) is 0 Å². The first kappa shape index (κ1) is 14.2. The summed E-state index contributed by atoms with van der Waals surface area (Å²) in [5.74, 6) is -0.746. The number of unbranched alkanes of at least 4 members (excludes halogenated alkanes) is 1. The smallest absolute Gasteiger partial charge is 0.303 e. The van der Waals surface area contributed by atoms with E-state index in [-0.39, 0.29) is 6.42 Å². The van der Waals surface area contributed by atoms with E-state index in [0.717, 1.165) is 30.6 Å². The van der Waals surface area contributed by atoms with Crippen molar-refractivity contribution in [1.82, 2.24) is 15.0 Å². The SMILES string of the molecule is CCc1ccc(-n2cc(CCCCC(=O)O)nn2)cc1. The van der Waals surface area contributed by atoms with Gasteiger partial charge in [-0.1, -0.05) is 24.3 Å².